The topological polar surface area (TPSA) is 9.86 Å². The lowest BCUT2D eigenvalue weighted by molar-refractivity contribution is 1.18. The molecule has 0 bridgehead atoms. The number of hydrogen-bond acceptors (Lipinski definition) is 1. The van der Waals surface area contributed by atoms with Crippen LogP contribution in [0.25, 0.3) is 109 Å². The first-order valence-electron chi connectivity index (χ1n) is 19.5. The van der Waals surface area contributed by atoms with Gasteiger partial charge in [-0.15, -0.1) is 11.3 Å². The van der Waals surface area contributed by atoms with Gasteiger partial charge in [0.2, 0.25) is 0 Å². The Morgan fingerprint density at radius 2 is 0.772 bits per heavy atom. The van der Waals surface area contributed by atoms with Gasteiger partial charge in [0.1, 0.15) is 0 Å². The summed E-state index contributed by atoms with van der Waals surface area (Å²) < 4.78 is 7.48. The Labute approximate surface area is 333 Å². The van der Waals surface area contributed by atoms with Gasteiger partial charge in [-0.2, -0.15) is 0 Å². The van der Waals surface area contributed by atoms with E-state index < -0.39 is 0 Å². The van der Waals surface area contributed by atoms with Gasteiger partial charge in [-0.05, 0) is 112 Å². The molecule has 0 amide bonds. The van der Waals surface area contributed by atoms with Crippen LogP contribution in [0.15, 0.2) is 206 Å². The second-order valence-electron chi connectivity index (χ2n) is 14.9. The lowest BCUT2D eigenvalue weighted by Gasteiger charge is -2.11. The van der Waals surface area contributed by atoms with Crippen molar-refractivity contribution in [2.75, 3.05) is 0 Å². The van der Waals surface area contributed by atoms with Crippen molar-refractivity contribution in [1.82, 2.24) is 9.13 Å². The minimum atomic E-state index is 1.16. The first-order valence-corrected chi connectivity index (χ1v) is 20.3. The van der Waals surface area contributed by atoms with E-state index in [2.05, 4.69) is 215 Å². The second-order valence-corrected chi connectivity index (χ2v) is 16.0. The molecule has 0 aliphatic heterocycles. The average molecular weight is 743 g/mol. The molecule has 0 saturated carbocycles. The summed E-state index contributed by atoms with van der Waals surface area (Å²) in [4.78, 5) is 0. The van der Waals surface area contributed by atoms with Crippen molar-refractivity contribution in [2.45, 2.75) is 0 Å². The van der Waals surface area contributed by atoms with Gasteiger partial charge in [0, 0.05) is 53.1 Å². The first-order chi connectivity index (χ1) is 28.3. The molecule has 12 rings (SSSR count). The maximum absolute atomic E-state index is 2.42. The molecule has 12 aromatic rings. The second kappa shape index (κ2) is 12.7. The molecule has 57 heavy (non-hydrogen) atoms. The highest BCUT2D eigenvalue weighted by atomic mass is 32.1. The van der Waals surface area contributed by atoms with Crippen LogP contribution in [0.2, 0.25) is 0 Å². The molecule has 0 atom stereocenters. The summed E-state index contributed by atoms with van der Waals surface area (Å²) >= 11 is 1.87. The molecule has 0 fully saturated rings. The van der Waals surface area contributed by atoms with E-state index in [-0.39, 0.29) is 0 Å². The van der Waals surface area contributed by atoms with Crippen molar-refractivity contribution in [3.8, 4) is 44.8 Å². The Morgan fingerprint density at radius 1 is 0.281 bits per heavy atom. The molecule has 9 aromatic carbocycles. The third-order valence-corrected chi connectivity index (χ3v) is 12.8. The minimum Gasteiger partial charge on any atom is -0.309 e. The van der Waals surface area contributed by atoms with E-state index in [0.29, 0.717) is 0 Å². The Kier molecular flexibility index (Phi) is 7.13. The van der Waals surface area contributed by atoms with Crippen LogP contribution < -0.4 is 0 Å². The molecule has 3 heterocycles. The zero-order chi connectivity index (χ0) is 37.5. The fourth-order valence-corrected chi connectivity index (χ4v) is 10.3. The maximum atomic E-state index is 2.42. The smallest absolute Gasteiger partial charge is 0.0541 e. The van der Waals surface area contributed by atoms with Crippen molar-refractivity contribution in [3.05, 3.63) is 206 Å². The van der Waals surface area contributed by atoms with Crippen LogP contribution in [0.5, 0.6) is 0 Å². The minimum absolute atomic E-state index is 1.16. The van der Waals surface area contributed by atoms with Crippen LogP contribution in [0.1, 0.15) is 0 Å². The standard InChI is InChI=1S/C54H34N2S/c1-3-13-35(14-4-1)36-15-11-18-41(31-36)56-48-22-9-7-19-43(48)45-32-37(25-28-49(45)56)38-26-29-50-46(33-38)47-34-39(27-30-51(47)55(50)40-16-5-2-6-17-40)42-21-12-24-53-54(42)44-20-8-10-23-52(44)57-53/h1-34H. The monoisotopic (exact) mass is 742 g/mol. The molecule has 0 unspecified atom stereocenters. The number of fused-ring (bicyclic) bond motifs is 9. The molecule has 0 radical (unpaired) electrons. The molecule has 2 nitrogen and oxygen atoms in total. The molecule has 0 spiro atoms. The van der Waals surface area contributed by atoms with Crippen molar-refractivity contribution < 1.29 is 0 Å². The molecular weight excluding hydrogens is 709 g/mol. The van der Waals surface area contributed by atoms with E-state index in [0.717, 1.165) is 11.4 Å². The van der Waals surface area contributed by atoms with Gasteiger partial charge < -0.3 is 9.13 Å². The molecule has 0 aliphatic carbocycles. The van der Waals surface area contributed by atoms with Gasteiger partial charge in [0.25, 0.3) is 0 Å². The van der Waals surface area contributed by atoms with Crippen LogP contribution in [-0.2, 0) is 0 Å². The number of benzene rings is 9. The van der Waals surface area contributed by atoms with Crippen LogP contribution in [0, 0.1) is 0 Å². The lowest BCUT2D eigenvalue weighted by Crippen LogP contribution is -1.94. The van der Waals surface area contributed by atoms with Gasteiger partial charge in [-0.1, -0.05) is 127 Å². The summed E-state index contributed by atoms with van der Waals surface area (Å²) in [5.74, 6) is 0. The van der Waals surface area contributed by atoms with Crippen molar-refractivity contribution in [1.29, 1.82) is 0 Å². The van der Waals surface area contributed by atoms with E-state index in [4.69, 9.17) is 0 Å². The summed E-state index contributed by atoms with van der Waals surface area (Å²) in [5.41, 5.74) is 14.5. The Balaban J connectivity index is 1.05. The van der Waals surface area contributed by atoms with Crippen LogP contribution in [-0.4, -0.2) is 9.13 Å². The molecule has 0 saturated heterocycles. The quantitative estimate of drug-likeness (QED) is 0.166. The SMILES string of the molecule is c1ccc(-c2cccc(-n3c4ccccc4c4cc(-c5ccc6c(c5)c5cc(-c7cccc8sc9ccccc9c78)ccc5n6-c5ccccc5)ccc43)c2)cc1. The Hall–Kier alpha value is -7.20. The fourth-order valence-electron chi connectivity index (χ4n) is 9.13. The zero-order valence-electron chi connectivity index (χ0n) is 30.9. The third-order valence-electron chi connectivity index (χ3n) is 11.7. The fraction of sp³-hybridized carbons (Fsp3) is 0. The number of hydrogen-bond donors (Lipinski definition) is 0. The summed E-state index contributed by atoms with van der Waals surface area (Å²) in [6.07, 6.45) is 0. The van der Waals surface area contributed by atoms with Gasteiger partial charge in [0.05, 0.1) is 22.1 Å². The summed E-state index contributed by atoms with van der Waals surface area (Å²) in [7, 11) is 0. The normalized spacial score (nSPS) is 11.9. The number of rotatable bonds is 5. The van der Waals surface area contributed by atoms with Gasteiger partial charge >= 0.3 is 0 Å². The summed E-state index contributed by atoms with van der Waals surface area (Å²) in [6.45, 7) is 0. The maximum Gasteiger partial charge on any atom is 0.0541 e. The Morgan fingerprint density at radius 3 is 1.53 bits per heavy atom. The number of aromatic nitrogens is 2. The number of thiophene rings is 1. The van der Waals surface area contributed by atoms with E-state index in [1.807, 2.05) is 11.3 Å². The van der Waals surface area contributed by atoms with Crippen LogP contribution in [0.3, 0.4) is 0 Å². The predicted molar refractivity (Wildman–Crippen MR) is 244 cm³/mol. The number of para-hydroxylation sites is 2. The Bertz CT molecular complexity index is 3510. The summed E-state index contributed by atoms with van der Waals surface area (Å²) in [5, 5.41) is 7.66. The largest absolute Gasteiger partial charge is 0.309 e. The summed E-state index contributed by atoms with van der Waals surface area (Å²) in [6, 6.07) is 75.7. The third kappa shape index (κ3) is 5.03. The highest BCUT2D eigenvalue weighted by molar-refractivity contribution is 7.25. The van der Waals surface area contributed by atoms with E-state index in [1.165, 1.54) is 97.2 Å². The van der Waals surface area contributed by atoms with Crippen LogP contribution in [0.4, 0.5) is 0 Å². The average Bonchev–Trinajstić information content (AvgIpc) is 3.94. The predicted octanol–water partition coefficient (Wildman–Crippen LogP) is 15.2. The van der Waals surface area contributed by atoms with Crippen molar-refractivity contribution in [2.24, 2.45) is 0 Å². The molecule has 3 heteroatoms. The van der Waals surface area contributed by atoms with Gasteiger partial charge in [-0.25, -0.2) is 0 Å². The molecule has 266 valence electrons. The molecule has 3 aromatic heterocycles. The van der Waals surface area contributed by atoms with E-state index in [9.17, 15) is 0 Å². The van der Waals surface area contributed by atoms with Gasteiger partial charge in [-0.3, -0.25) is 0 Å². The zero-order valence-corrected chi connectivity index (χ0v) is 31.7. The number of nitrogens with zero attached hydrogens (tertiary/aromatic N) is 2. The van der Waals surface area contributed by atoms with Gasteiger partial charge in [0.15, 0.2) is 0 Å². The van der Waals surface area contributed by atoms with Crippen molar-refractivity contribution in [3.63, 3.8) is 0 Å². The van der Waals surface area contributed by atoms with Crippen molar-refractivity contribution >= 4 is 75.1 Å². The molecule has 0 N–H and O–H groups in total. The molecular formula is C54H34N2S. The molecule has 0 aliphatic rings. The van der Waals surface area contributed by atoms with Crippen LogP contribution >= 0.6 is 11.3 Å². The highest BCUT2D eigenvalue weighted by Crippen LogP contribution is 2.43. The lowest BCUT2D eigenvalue weighted by atomic mass is 9.97. The first kappa shape index (κ1) is 32.1. The highest BCUT2D eigenvalue weighted by Gasteiger charge is 2.18. The van der Waals surface area contributed by atoms with E-state index >= 15 is 0 Å². The van der Waals surface area contributed by atoms with E-state index in [1.54, 1.807) is 0 Å².